The lowest BCUT2D eigenvalue weighted by molar-refractivity contribution is 0.166. The minimum absolute atomic E-state index is 0.399. The molecule has 0 unspecified atom stereocenters. The molecule has 0 spiro atoms. The quantitative estimate of drug-likeness (QED) is 0.199. The highest BCUT2D eigenvalue weighted by Crippen LogP contribution is 2.30. The van der Waals surface area contributed by atoms with Crippen molar-refractivity contribution in [2.45, 2.75) is 47.0 Å². The minimum Gasteiger partial charge on any atom is -0.496 e. The highest BCUT2D eigenvalue weighted by atomic mass is 16.5. The fourth-order valence-corrected chi connectivity index (χ4v) is 2.60. The van der Waals surface area contributed by atoms with Crippen molar-refractivity contribution in [2.75, 3.05) is 26.9 Å². The third-order valence-corrected chi connectivity index (χ3v) is 4.21. The zero-order valence-electron chi connectivity index (χ0n) is 18.6. The molecule has 5 heteroatoms. The molecule has 0 saturated carbocycles. The zero-order valence-corrected chi connectivity index (χ0v) is 18.6. The monoisotopic (exact) mass is 400 g/mol. The van der Waals surface area contributed by atoms with Crippen molar-refractivity contribution in [3.63, 3.8) is 0 Å². The normalized spacial score (nSPS) is 11.8. The molecule has 1 aromatic rings. The number of ether oxygens (including phenoxy) is 3. The van der Waals surface area contributed by atoms with Crippen molar-refractivity contribution in [1.29, 1.82) is 0 Å². The number of hydrogen-bond acceptors (Lipinski definition) is 4. The maximum Gasteiger partial charge on any atom is 0.168 e. The summed E-state index contributed by atoms with van der Waals surface area (Å²) in [5, 5.41) is 3.33. The fraction of sp³-hybridized carbons (Fsp3) is 0.458. The van der Waals surface area contributed by atoms with E-state index >= 15 is 0 Å². The van der Waals surface area contributed by atoms with E-state index in [2.05, 4.69) is 37.3 Å². The Morgan fingerprint density at radius 1 is 1.21 bits per heavy atom. The number of allylic oxidation sites excluding steroid dienone is 3. The standard InChI is InChI=1S/C24H36N2O3/c1-8-11-14-25-24(26-18(4)5)22(10-3)29-16-15-28-20-12-13-21(19(6)9-2)23(17-20)27-7/h10,12-13,17H,4,6,8-9,11,14-16H2,1-3,5,7H3,(H,25,26)/b22-10+. The summed E-state index contributed by atoms with van der Waals surface area (Å²) in [5.74, 6) is 2.90. The Morgan fingerprint density at radius 2 is 1.97 bits per heavy atom. The second kappa shape index (κ2) is 13.5. The van der Waals surface area contributed by atoms with Gasteiger partial charge in [-0.25, -0.2) is 4.99 Å². The predicted molar refractivity (Wildman–Crippen MR) is 123 cm³/mol. The van der Waals surface area contributed by atoms with Gasteiger partial charge in [0.1, 0.15) is 24.7 Å². The molecule has 0 fully saturated rings. The van der Waals surface area contributed by atoms with Gasteiger partial charge in [0.25, 0.3) is 0 Å². The third-order valence-electron chi connectivity index (χ3n) is 4.21. The van der Waals surface area contributed by atoms with Gasteiger partial charge in [0.15, 0.2) is 11.6 Å². The molecule has 0 atom stereocenters. The fourth-order valence-electron chi connectivity index (χ4n) is 2.60. The van der Waals surface area contributed by atoms with Crippen LogP contribution in [0.15, 0.2) is 53.9 Å². The molecule has 0 aromatic heterocycles. The highest BCUT2D eigenvalue weighted by Gasteiger charge is 2.10. The molecule has 0 amide bonds. The zero-order chi connectivity index (χ0) is 21.6. The molecule has 1 aromatic carbocycles. The van der Waals surface area contributed by atoms with Gasteiger partial charge < -0.3 is 19.5 Å². The number of nitrogens with zero attached hydrogens (tertiary/aromatic N) is 1. The summed E-state index contributed by atoms with van der Waals surface area (Å²) in [6.45, 7) is 17.6. The summed E-state index contributed by atoms with van der Waals surface area (Å²) < 4.78 is 17.2. The van der Waals surface area contributed by atoms with Gasteiger partial charge in [0.05, 0.1) is 7.11 Å². The number of unbranched alkanes of at least 4 members (excludes halogenated alkanes) is 1. The summed E-state index contributed by atoms with van der Waals surface area (Å²) in [6.07, 6.45) is 4.95. The first-order valence-corrected chi connectivity index (χ1v) is 10.2. The maximum absolute atomic E-state index is 5.90. The molecule has 5 nitrogen and oxygen atoms in total. The Hall–Kier alpha value is -2.69. The van der Waals surface area contributed by atoms with Crippen LogP contribution < -0.4 is 14.8 Å². The number of hydrogen-bond donors (Lipinski definition) is 1. The molecule has 160 valence electrons. The summed E-state index contributed by atoms with van der Waals surface area (Å²) in [4.78, 5) is 4.47. The molecule has 0 aliphatic carbocycles. The lowest BCUT2D eigenvalue weighted by atomic mass is 10.0. The molecule has 0 heterocycles. The van der Waals surface area contributed by atoms with Crippen molar-refractivity contribution in [3.8, 4) is 11.5 Å². The Kier molecular flexibility index (Phi) is 11.3. The molecule has 1 rings (SSSR count). The smallest absolute Gasteiger partial charge is 0.168 e. The minimum atomic E-state index is 0.399. The van der Waals surface area contributed by atoms with Crippen LogP contribution in [0.2, 0.25) is 0 Å². The van der Waals surface area contributed by atoms with Crippen LogP contribution in [-0.2, 0) is 4.74 Å². The van der Waals surface area contributed by atoms with Crippen molar-refractivity contribution >= 4 is 11.4 Å². The first kappa shape index (κ1) is 24.3. The topological polar surface area (TPSA) is 52.1 Å². The first-order chi connectivity index (χ1) is 14.0. The number of aliphatic imine (C=N–C) groups is 1. The molecule has 0 radical (unpaired) electrons. The van der Waals surface area contributed by atoms with E-state index in [4.69, 9.17) is 14.2 Å². The van der Waals surface area contributed by atoms with Crippen LogP contribution in [0.5, 0.6) is 11.5 Å². The Labute approximate surface area is 176 Å². The van der Waals surface area contributed by atoms with E-state index in [0.717, 1.165) is 54.1 Å². The van der Waals surface area contributed by atoms with Gasteiger partial charge in [-0.3, -0.25) is 0 Å². The van der Waals surface area contributed by atoms with Gasteiger partial charge in [-0.15, -0.1) is 0 Å². The lowest BCUT2D eigenvalue weighted by Gasteiger charge is -2.16. The summed E-state index contributed by atoms with van der Waals surface area (Å²) in [7, 11) is 1.65. The van der Waals surface area contributed by atoms with Gasteiger partial charge in [0.2, 0.25) is 0 Å². The van der Waals surface area contributed by atoms with E-state index in [0.29, 0.717) is 24.8 Å². The van der Waals surface area contributed by atoms with Crippen molar-refractivity contribution in [1.82, 2.24) is 5.32 Å². The van der Waals surface area contributed by atoms with Crippen LogP contribution in [0.4, 0.5) is 0 Å². The van der Waals surface area contributed by atoms with Crippen LogP contribution in [0.3, 0.4) is 0 Å². The number of nitrogens with one attached hydrogen (secondary N) is 1. The lowest BCUT2D eigenvalue weighted by Crippen LogP contribution is -2.28. The van der Waals surface area contributed by atoms with Crippen LogP contribution in [0.25, 0.3) is 5.57 Å². The van der Waals surface area contributed by atoms with Crippen molar-refractivity contribution < 1.29 is 14.2 Å². The second-order valence-electron chi connectivity index (χ2n) is 6.65. The average Bonchev–Trinajstić information content (AvgIpc) is 2.72. The van der Waals surface area contributed by atoms with Gasteiger partial charge in [-0.2, -0.15) is 0 Å². The Morgan fingerprint density at radius 3 is 2.55 bits per heavy atom. The van der Waals surface area contributed by atoms with Gasteiger partial charge in [-0.1, -0.05) is 33.4 Å². The second-order valence-corrected chi connectivity index (χ2v) is 6.65. The number of amidine groups is 1. The molecule has 0 bridgehead atoms. The van der Waals surface area contributed by atoms with Gasteiger partial charge in [0, 0.05) is 23.9 Å². The molecular formula is C24H36N2O3. The maximum atomic E-state index is 5.90. The molecule has 0 saturated heterocycles. The third kappa shape index (κ3) is 8.46. The number of benzene rings is 1. The van der Waals surface area contributed by atoms with E-state index in [-0.39, 0.29) is 0 Å². The van der Waals surface area contributed by atoms with E-state index in [1.54, 1.807) is 7.11 Å². The van der Waals surface area contributed by atoms with E-state index in [9.17, 15) is 0 Å². The highest BCUT2D eigenvalue weighted by molar-refractivity contribution is 5.97. The number of methoxy groups -OCH3 is 1. The number of rotatable bonds is 13. The molecule has 1 N–H and O–H groups in total. The summed E-state index contributed by atoms with van der Waals surface area (Å²) in [6, 6.07) is 5.79. The Balaban J connectivity index is 2.66. The molecule has 0 aliphatic rings. The average molecular weight is 401 g/mol. The van der Waals surface area contributed by atoms with Crippen LogP contribution >= 0.6 is 0 Å². The predicted octanol–water partition coefficient (Wildman–Crippen LogP) is 5.74. The van der Waals surface area contributed by atoms with Crippen LogP contribution in [0, 0.1) is 0 Å². The molecule has 0 aliphatic heterocycles. The molecule has 29 heavy (non-hydrogen) atoms. The van der Waals surface area contributed by atoms with Crippen molar-refractivity contribution in [2.24, 2.45) is 4.99 Å². The first-order valence-electron chi connectivity index (χ1n) is 10.2. The van der Waals surface area contributed by atoms with E-state index in [1.807, 2.05) is 38.1 Å². The SMILES string of the molecule is C=C(C)/N=C(NCCCC)\C(=C/C)OCCOc1ccc(C(=C)CC)c(OC)c1. The van der Waals surface area contributed by atoms with Crippen LogP contribution in [-0.4, -0.2) is 32.7 Å². The van der Waals surface area contributed by atoms with Gasteiger partial charge >= 0.3 is 0 Å². The van der Waals surface area contributed by atoms with Crippen LogP contribution in [0.1, 0.15) is 52.5 Å². The van der Waals surface area contributed by atoms with Gasteiger partial charge in [-0.05, 0) is 50.5 Å². The Bertz CT molecular complexity index is 736. The largest absolute Gasteiger partial charge is 0.496 e. The van der Waals surface area contributed by atoms with Crippen molar-refractivity contribution in [3.05, 3.63) is 54.5 Å². The summed E-state index contributed by atoms with van der Waals surface area (Å²) in [5.41, 5.74) is 2.77. The van der Waals surface area contributed by atoms with E-state index in [1.165, 1.54) is 0 Å². The molecular weight excluding hydrogens is 364 g/mol. The van der Waals surface area contributed by atoms with E-state index < -0.39 is 0 Å². The summed E-state index contributed by atoms with van der Waals surface area (Å²) >= 11 is 0.